The zero-order valence-electron chi connectivity index (χ0n) is 8.89. The van der Waals surface area contributed by atoms with Gasteiger partial charge in [0.15, 0.2) is 0 Å². The van der Waals surface area contributed by atoms with Gasteiger partial charge in [-0.1, -0.05) is 0 Å². The molecule has 0 radical (unpaired) electrons. The van der Waals surface area contributed by atoms with Gasteiger partial charge in [-0.3, -0.25) is 9.97 Å². The zero-order chi connectivity index (χ0) is 11.5. The molecule has 82 valence electrons. The van der Waals surface area contributed by atoms with Crippen LogP contribution in [0, 0.1) is 6.92 Å². The molecule has 0 bridgehead atoms. The van der Waals surface area contributed by atoms with Crippen molar-refractivity contribution >= 4 is 15.9 Å². The van der Waals surface area contributed by atoms with Crippen LogP contribution in [0.5, 0.6) is 0 Å². The van der Waals surface area contributed by atoms with Crippen molar-refractivity contribution in [2.45, 2.75) is 13.0 Å². The number of nitrogens with two attached hydrogens (primary N) is 1. The number of hydrogen-bond donors (Lipinski definition) is 1. The summed E-state index contributed by atoms with van der Waals surface area (Å²) in [6, 6.07) is 5.51. The smallest absolute Gasteiger partial charge is 0.0758 e. The van der Waals surface area contributed by atoms with Crippen LogP contribution in [-0.4, -0.2) is 9.97 Å². The Balaban J connectivity index is 2.44. The van der Waals surface area contributed by atoms with Gasteiger partial charge >= 0.3 is 0 Å². The van der Waals surface area contributed by atoms with Gasteiger partial charge in [0.25, 0.3) is 0 Å². The van der Waals surface area contributed by atoms with Gasteiger partial charge in [0.1, 0.15) is 0 Å². The van der Waals surface area contributed by atoms with Gasteiger partial charge in [-0.25, -0.2) is 0 Å². The van der Waals surface area contributed by atoms with Crippen molar-refractivity contribution in [2.75, 3.05) is 0 Å². The fourth-order valence-corrected chi connectivity index (χ4v) is 2.08. The van der Waals surface area contributed by atoms with Crippen molar-refractivity contribution < 1.29 is 0 Å². The highest BCUT2D eigenvalue weighted by atomic mass is 79.9. The molecule has 0 aliphatic rings. The summed E-state index contributed by atoms with van der Waals surface area (Å²) in [6.07, 6.45) is 5.30. The Morgan fingerprint density at radius 1 is 1.31 bits per heavy atom. The second-order valence-corrected chi connectivity index (χ2v) is 4.43. The standard InChI is InChI=1S/C12H12BrN3/c1-8-4-6-15-7-9(8)11(14)12-10(13)3-2-5-16-12/h2-7,11H,14H2,1H3. The van der Waals surface area contributed by atoms with E-state index < -0.39 is 0 Å². The summed E-state index contributed by atoms with van der Waals surface area (Å²) in [7, 11) is 0. The van der Waals surface area contributed by atoms with Crippen molar-refractivity contribution in [1.82, 2.24) is 9.97 Å². The second kappa shape index (κ2) is 4.72. The third-order valence-corrected chi connectivity index (χ3v) is 3.17. The first-order valence-corrected chi connectivity index (χ1v) is 5.76. The van der Waals surface area contributed by atoms with E-state index >= 15 is 0 Å². The molecule has 0 spiro atoms. The molecule has 2 heterocycles. The van der Waals surface area contributed by atoms with Gasteiger partial charge < -0.3 is 5.73 Å². The van der Waals surface area contributed by atoms with Gasteiger partial charge in [-0.05, 0) is 52.2 Å². The van der Waals surface area contributed by atoms with E-state index in [4.69, 9.17) is 5.73 Å². The number of nitrogens with zero attached hydrogens (tertiary/aromatic N) is 2. The zero-order valence-corrected chi connectivity index (χ0v) is 10.5. The summed E-state index contributed by atoms with van der Waals surface area (Å²) in [4.78, 5) is 8.39. The lowest BCUT2D eigenvalue weighted by Gasteiger charge is -2.14. The highest BCUT2D eigenvalue weighted by molar-refractivity contribution is 9.10. The minimum atomic E-state index is -0.246. The van der Waals surface area contributed by atoms with Crippen LogP contribution in [0.2, 0.25) is 0 Å². The van der Waals surface area contributed by atoms with Crippen molar-refractivity contribution in [3.63, 3.8) is 0 Å². The molecule has 2 aromatic heterocycles. The first kappa shape index (κ1) is 11.2. The highest BCUT2D eigenvalue weighted by Gasteiger charge is 2.15. The summed E-state index contributed by atoms with van der Waals surface area (Å²) in [5.41, 5.74) is 9.14. The van der Waals surface area contributed by atoms with Crippen molar-refractivity contribution in [3.8, 4) is 0 Å². The molecule has 0 saturated heterocycles. The minimum absolute atomic E-state index is 0.246. The van der Waals surface area contributed by atoms with E-state index in [1.807, 2.05) is 25.1 Å². The predicted molar refractivity (Wildman–Crippen MR) is 66.9 cm³/mol. The molecule has 3 nitrogen and oxygen atoms in total. The molecule has 0 aromatic carbocycles. The SMILES string of the molecule is Cc1ccncc1C(N)c1ncccc1Br. The number of pyridine rings is 2. The van der Waals surface area contributed by atoms with Crippen molar-refractivity contribution in [2.24, 2.45) is 5.73 Å². The monoisotopic (exact) mass is 277 g/mol. The van der Waals surface area contributed by atoms with Crippen molar-refractivity contribution in [1.29, 1.82) is 0 Å². The first-order chi connectivity index (χ1) is 7.70. The lowest BCUT2D eigenvalue weighted by atomic mass is 10.0. The Kier molecular flexibility index (Phi) is 3.31. The van der Waals surface area contributed by atoms with Crippen LogP contribution in [-0.2, 0) is 0 Å². The minimum Gasteiger partial charge on any atom is -0.319 e. The van der Waals surface area contributed by atoms with Gasteiger partial charge in [0, 0.05) is 23.1 Å². The Hall–Kier alpha value is -1.26. The molecule has 0 saturated carbocycles. The lowest BCUT2D eigenvalue weighted by Crippen LogP contribution is -2.15. The van der Waals surface area contributed by atoms with Crippen LogP contribution in [0.25, 0.3) is 0 Å². The molecular weight excluding hydrogens is 266 g/mol. The molecule has 16 heavy (non-hydrogen) atoms. The van der Waals surface area contributed by atoms with Crippen LogP contribution >= 0.6 is 15.9 Å². The van der Waals surface area contributed by atoms with E-state index in [0.717, 1.165) is 21.3 Å². The fourth-order valence-electron chi connectivity index (χ4n) is 1.58. The maximum Gasteiger partial charge on any atom is 0.0758 e. The summed E-state index contributed by atoms with van der Waals surface area (Å²) in [5.74, 6) is 0. The average Bonchev–Trinajstić information content (AvgIpc) is 2.29. The van der Waals surface area contributed by atoms with E-state index in [1.54, 1.807) is 18.6 Å². The van der Waals surface area contributed by atoms with Gasteiger partial charge in [0.05, 0.1) is 11.7 Å². The number of aryl methyl sites for hydroxylation is 1. The van der Waals surface area contributed by atoms with Crippen LogP contribution in [0.4, 0.5) is 0 Å². The molecule has 0 aliphatic heterocycles. The number of aromatic nitrogens is 2. The maximum absolute atomic E-state index is 6.19. The van der Waals surface area contributed by atoms with Gasteiger partial charge in [-0.2, -0.15) is 0 Å². The predicted octanol–water partition coefficient (Wildman–Crippen LogP) is 2.60. The Labute approximate surface area is 103 Å². The third kappa shape index (κ3) is 2.13. The van der Waals surface area contributed by atoms with Crippen molar-refractivity contribution in [3.05, 3.63) is 58.1 Å². The molecule has 2 rings (SSSR count). The number of hydrogen-bond acceptors (Lipinski definition) is 3. The molecule has 1 unspecified atom stereocenters. The topological polar surface area (TPSA) is 51.8 Å². The molecule has 2 aromatic rings. The number of rotatable bonds is 2. The first-order valence-electron chi connectivity index (χ1n) is 4.96. The second-order valence-electron chi connectivity index (χ2n) is 3.58. The molecule has 2 N–H and O–H groups in total. The third-order valence-electron chi connectivity index (χ3n) is 2.50. The van der Waals surface area contributed by atoms with Gasteiger partial charge in [0.2, 0.25) is 0 Å². The summed E-state index contributed by atoms with van der Waals surface area (Å²) in [6.45, 7) is 2.02. The summed E-state index contributed by atoms with van der Waals surface area (Å²) < 4.78 is 0.922. The average molecular weight is 278 g/mol. The van der Waals surface area contributed by atoms with Crippen LogP contribution in [0.15, 0.2) is 41.3 Å². The van der Waals surface area contributed by atoms with E-state index in [0.29, 0.717) is 0 Å². The highest BCUT2D eigenvalue weighted by Crippen LogP contribution is 2.25. The maximum atomic E-state index is 6.19. The molecule has 1 atom stereocenters. The molecular formula is C12H12BrN3. The normalized spacial score (nSPS) is 12.4. The molecule has 4 heteroatoms. The largest absolute Gasteiger partial charge is 0.319 e. The van der Waals surface area contributed by atoms with E-state index in [-0.39, 0.29) is 6.04 Å². The van der Waals surface area contributed by atoms with E-state index in [9.17, 15) is 0 Å². The molecule has 0 aliphatic carbocycles. The fraction of sp³-hybridized carbons (Fsp3) is 0.167. The summed E-state index contributed by atoms with van der Waals surface area (Å²) >= 11 is 3.46. The lowest BCUT2D eigenvalue weighted by molar-refractivity contribution is 0.808. The number of halogens is 1. The van der Waals surface area contributed by atoms with E-state index in [1.165, 1.54) is 0 Å². The quantitative estimate of drug-likeness (QED) is 0.918. The van der Waals surface area contributed by atoms with Crippen LogP contribution in [0.1, 0.15) is 22.9 Å². The Morgan fingerprint density at radius 2 is 2.12 bits per heavy atom. The Morgan fingerprint density at radius 3 is 2.81 bits per heavy atom. The molecule has 0 amide bonds. The van der Waals surface area contributed by atoms with Crippen LogP contribution in [0.3, 0.4) is 0 Å². The summed E-state index contributed by atoms with van der Waals surface area (Å²) in [5, 5.41) is 0. The van der Waals surface area contributed by atoms with E-state index in [2.05, 4.69) is 25.9 Å². The molecule has 0 fully saturated rings. The van der Waals surface area contributed by atoms with Crippen LogP contribution < -0.4 is 5.73 Å². The Bertz CT molecular complexity index is 454. The van der Waals surface area contributed by atoms with Gasteiger partial charge in [-0.15, -0.1) is 0 Å².